The predicted molar refractivity (Wildman–Crippen MR) is 103 cm³/mol. The summed E-state index contributed by atoms with van der Waals surface area (Å²) >= 11 is 0. The van der Waals surface area contributed by atoms with Crippen LogP contribution in [-0.4, -0.2) is 56.9 Å². The molecule has 8 nitrogen and oxygen atoms in total. The zero-order valence-corrected chi connectivity index (χ0v) is 15.1. The molecule has 1 fully saturated rings. The minimum Gasteiger partial charge on any atom is -0.353 e. The molecule has 0 atom stereocenters. The van der Waals surface area contributed by atoms with Crippen LogP contribution in [0.4, 0.5) is 16.3 Å². The molecule has 3 aromatic rings. The van der Waals surface area contributed by atoms with Gasteiger partial charge in [0.25, 0.3) is 0 Å². The van der Waals surface area contributed by atoms with Gasteiger partial charge in [-0.1, -0.05) is 18.2 Å². The highest BCUT2D eigenvalue weighted by Crippen LogP contribution is 2.17. The van der Waals surface area contributed by atoms with Crippen LogP contribution < -0.4 is 10.2 Å². The second kappa shape index (κ2) is 7.45. The summed E-state index contributed by atoms with van der Waals surface area (Å²) in [4.78, 5) is 25.2. The topological polar surface area (TPSA) is 79.2 Å². The number of aryl methyl sites for hydroxylation is 1. The molecule has 1 aliphatic rings. The highest BCUT2D eigenvalue weighted by atomic mass is 16.2. The largest absolute Gasteiger partial charge is 0.353 e. The Hall–Kier alpha value is -3.42. The quantitative estimate of drug-likeness (QED) is 0.773. The van der Waals surface area contributed by atoms with Crippen LogP contribution in [0.5, 0.6) is 0 Å². The molecule has 1 aromatic carbocycles. The van der Waals surface area contributed by atoms with Gasteiger partial charge in [0, 0.05) is 50.3 Å². The van der Waals surface area contributed by atoms with Gasteiger partial charge in [-0.05, 0) is 24.6 Å². The Kier molecular flexibility index (Phi) is 4.69. The lowest BCUT2D eigenvalue weighted by Gasteiger charge is -2.35. The van der Waals surface area contributed by atoms with Crippen molar-refractivity contribution >= 4 is 17.5 Å². The monoisotopic (exact) mass is 363 g/mol. The second-order valence-corrected chi connectivity index (χ2v) is 6.40. The van der Waals surface area contributed by atoms with Crippen molar-refractivity contribution in [1.82, 2.24) is 24.6 Å². The summed E-state index contributed by atoms with van der Waals surface area (Å²) in [7, 11) is 0. The third kappa shape index (κ3) is 3.74. The zero-order valence-electron chi connectivity index (χ0n) is 15.1. The van der Waals surface area contributed by atoms with Gasteiger partial charge in [-0.3, -0.25) is 0 Å². The van der Waals surface area contributed by atoms with Crippen LogP contribution in [0.1, 0.15) is 5.56 Å². The van der Waals surface area contributed by atoms with Crippen molar-refractivity contribution in [2.45, 2.75) is 6.92 Å². The van der Waals surface area contributed by atoms with Gasteiger partial charge in [0.15, 0.2) is 5.82 Å². The number of hydrogen-bond acceptors (Lipinski definition) is 5. The van der Waals surface area contributed by atoms with Gasteiger partial charge in [-0.2, -0.15) is 5.10 Å². The number of carbonyl (C=O) groups is 1. The van der Waals surface area contributed by atoms with Crippen molar-refractivity contribution in [2.24, 2.45) is 0 Å². The van der Waals surface area contributed by atoms with E-state index in [2.05, 4.69) is 25.3 Å². The standard InChI is InChI=1S/C19H21N7O/c1-15-5-2-3-6-16(15)23-19(27)25-11-9-24(10-12-25)17-13-18(21-14-20-17)26-8-4-7-22-26/h2-8,13-14H,9-12H2,1H3,(H,23,27). The molecule has 0 bridgehead atoms. The lowest BCUT2D eigenvalue weighted by atomic mass is 10.2. The number of para-hydroxylation sites is 1. The lowest BCUT2D eigenvalue weighted by Crippen LogP contribution is -2.50. The van der Waals surface area contributed by atoms with Gasteiger partial charge < -0.3 is 15.1 Å². The molecule has 0 unspecified atom stereocenters. The van der Waals surface area contributed by atoms with Gasteiger partial charge in [0.05, 0.1) is 0 Å². The summed E-state index contributed by atoms with van der Waals surface area (Å²) in [6.45, 7) is 4.70. The molecule has 0 spiro atoms. The average molecular weight is 363 g/mol. The fourth-order valence-corrected chi connectivity index (χ4v) is 3.09. The fourth-order valence-electron chi connectivity index (χ4n) is 3.09. The minimum absolute atomic E-state index is 0.0659. The molecule has 1 N–H and O–H groups in total. The van der Waals surface area contributed by atoms with E-state index >= 15 is 0 Å². The Morgan fingerprint density at radius 1 is 1.04 bits per heavy atom. The Morgan fingerprint density at radius 2 is 1.81 bits per heavy atom. The van der Waals surface area contributed by atoms with Crippen molar-refractivity contribution in [3.63, 3.8) is 0 Å². The lowest BCUT2D eigenvalue weighted by molar-refractivity contribution is 0.208. The number of carbonyl (C=O) groups excluding carboxylic acids is 1. The molecule has 138 valence electrons. The van der Waals surface area contributed by atoms with E-state index < -0.39 is 0 Å². The molecule has 2 amide bonds. The molecule has 4 rings (SSSR count). The number of benzene rings is 1. The molecule has 0 saturated carbocycles. The summed E-state index contributed by atoms with van der Waals surface area (Å²) in [5, 5.41) is 7.20. The first-order valence-electron chi connectivity index (χ1n) is 8.89. The van der Waals surface area contributed by atoms with Crippen LogP contribution >= 0.6 is 0 Å². The van der Waals surface area contributed by atoms with Crippen LogP contribution in [0.25, 0.3) is 5.82 Å². The fraction of sp³-hybridized carbons (Fsp3) is 0.263. The number of nitrogens with one attached hydrogen (secondary N) is 1. The molecule has 2 aromatic heterocycles. The number of piperazine rings is 1. The van der Waals surface area contributed by atoms with Crippen molar-refractivity contribution < 1.29 is 4.79 Å². The number of hydrogen-bond donors (Lipinski definition) is 1. The van der Waals surface area contributed by atoms with Crippen LogP contribution in [0.15, 0.2) is 55.1 Å². The maximum absolute atomic E-state index is 12.5. The minimum atomic E-state index is -0.0659. The molecule has 1 aliphatic heterocycles. The molecular formula is C19H21N7O. The molecule has 3 heterocycles. The summed E-state index contributed by atoms with van der Waals surface area (Å²) in [6, 6.07) is 11.5. The van der Waals surface area contributed by atoms with E-state index in [-0.39, 0.29) is 6.03 Å². The first-order chi connectivity index (χ1) is 13.2. The Bertz CT molecular complexity index is 917. The molecule has 27 heavy (non-hydrogen) atoms. The molecule has 8 heteroatoms. The van der Waals surface area contributed by atoms with Gasteiger partial charge in [0.1, 0.15) is 12.1 Å². The summed E-state index contributed by atoms with van der Waals surface area (Å²) in [6.07, 6.45) is 5.11. The van der Waals surface area contributed by atoms with Crippen molar-refractivity contribution in [3.8, 4) is 5.82 Å². The number of nitrogens with zero attached hydrogens (tertiary/aromatic N) is 6. The van der Waals surface area contributed by atoms with Crippen LogP contribution in [0, 0.1) is 6.92 Å². The SMILES string of the molecule is Cc1ccccc1NC(=O)N1CCN(c2cc(-n3cccn3)ncn2)CC1. The van der Waals surface area contributed by atoms with E-state index in [4.69, 9.17) is 0 Å². The smallest absolute Gasteiger partial charge is 0.321 e. The molecule has 0 radical (unpaired) electrons. The molecular weight excluding hydrogens is 342 g/mol. The van der Waals surface area contributed by atoms with E-state index in [1.165, 1.54) is 0 Å². The van der Waals surface area contributed by atoms with E-state index in [0.29, 0.717) is 13.1 Å². The highest BCUT2D eigenvalue weighted by Gasteiger charge is 2.22. The highest BCUT2D eigenvalue weighted by molar-refractivity contribution is 5.90. The first-order valence-corrected chi connectivity index (χ1v) is 8.89. The number of urea groups is 1. The van der Waals surface area contributed by atoms with E-state index in [9.17, 15) is 4.79 Å². The molecule has 1 saturated heterocycles. The summed E-state index contributed by atoms with van der Waals surface area (Å²) < 4.78 is 1.71. The average Bonchev–Trinajstić information content (AvgIpc) is 3.25. The maximum atomic E-state index is 12.5. The normalized spacial score (nSPS) is 14.3. The number of rotatable bonds is 3. The van der Waals surface area contributed by atoms with Crippen molar-refractivity contribution in [2.75, 3.05) is 36.4 Å². The van der Waals surface area contributed by atoms with E-state index in [1.54, 1.807) is 17.2 Å². The van der Waals surface area contributed by atoms with Gasteiger partial charge in [-0.15, -0.1) is 0 Å². The van der Waals surface area contributed by atoms with Crippen molar-refractivity contribution in [3.05, 3.63) is 60.7 Å². The zero-order chi connectivity index (χ0) is 18.6. The van der Waals surface area contributed by atoms with Gasteiger partial charge in [-0.25, -0.2) is 19.4 Å². The predicted octanol–water partition coefficient (Wildman–Crippen LogP) is 2.32. The number of anilines is 2. The number of aromatic nitrogens is 4. The third-order valence-electron chi connectivity index (χ3n) is 4.65. The Morgan fingerprint density at radius 3 is 2.56 bits per heavy atom. The Labute approximate surface area is 157 Å². The number of amides is 2. The first kappa shape index (κ1) is 17.0. The van der Waals surface area contributed by atoms with E-state index in [0.717, 1.165) is 36.0 Å². The van der Waals surface area contributed by atoms with Crippen LogP contribution in [0.2, 0.25) is 0 Å². The summed E-state index contributed by atoms with van der Waals surface area (Å²) in [5.41, 5.74) is 1.90. The summed E-state index contributed by atoms with van der Waals surface area (Å²) in [5.74, 6) is 1.57. The van der Waals surface area contributed by atoms with Gasteiger partial charge >= 0.3 is 6.03 Å². The third-order valence-corrected chi connectivity index (χ3v) is 4.65. The Balaban J connectivity index is 1.38. The second-order valence-electron chi connectivity index (χ2n) is 6.40. The van der Waals surface area contributed by atoms with Crippen LogP contribution in [0.3, 0.4) is 0 Å². The maximum Gasteiger partial charge on any atom is 0.321 e. The van der Waals surface area contributed by atoms with E-state index in [1.807, 2.05) is 54.4 Å². The molecule has 0 aliphatic carbocycles. The van der Waals surface area contributed by atoms with Gasteiger partial charge in [0.2, 0.25) is 0 Å². The van der Waals surface area contributed by atoms with Crippen LogP contribution in [-0.2, 0) is 0 Å². The van der Waals surface area contributed by atoms with Crippen molar-refractivity contribution in [1.29, 1.82) is 0 Å².